The summed E-state index contributed by atoms with van der Waals surface area (Å²) >= 11 is 0. The Kier molecular flexibility index (Phi) is 6.52. The van der Waals surface area contributed by atoms with Crippen LogP contribution in [0.3, 0.4) is 0 Å². The highest BCUT2D eigenvalue weighted by molar-refractivity contribution is 5.77. The minimum atomic E-state index is -0.372. The van der Waals surface area contributed by atoms with Gasteiger partial charge in [-0.1, -0.05) is 66.7 Å². The minimum absolute atomic E-state index is 0.0999. The van der Waals surface area contributed by atoms with Gasteiger partial charge in [0, 0.05) is 32.4 Å². The number of aromatic nitrogens is 1. The average molecular weight is 402 g/mol. The topological polar surface area (TPSA) is 45.7 Å². The quantitative estimate of drug-likeness (QED) is 0.590. The van der Waals surface area contributed by atoms with E-state index in [9.17, 15) is 4.79 Å². The number of methoxy groups -OCH3 is 1. The van der Waals surface area contributed by atoms with Gasteiger partial charge in [0.15, 0.2) is 0 Å². The fourth-order valence-corrected chi connectivity index (χ4v) is 4.24. The summed E-state index contributed by atoms with van der Waals surface area (Å²) in [5, 5.41) is 0. The molecule has 1 fully saturated rings. The SMILES string of the molecule is COC(=O)C(c1ccccc1)N1CCN(C(c2ccccc2)c2ccccn2)CC1. The largest absolute Gasteiger partial charge is 0.468 e. The van der Waals surface area contributed by atoms with E-state index in [-0.39, 0.29) is 18.1 Å². The molecule has 0 bridgehead atoms. The Hall–Kier alpha value is -3.02. The molecule has 2 heterocycles. The van der Waals surface area contributed by atoms with E-state index in [1.54, 1.807) is 0 Å². The fourth-order valence-electron chi connectivity index (χ4n) is 4.24. The summed E-state index contributed by atoms with van der Waals surface area (Å²) in [6, 6.07) is 26.2. The van der Waals surface area contributed by atoms with Crippen molar-refractivity contribution in [3.8, 4) is 0 Å². The van der Waals surface area contributed by atoms with Crippen LogP contribution < -0.4 is 0 Å². The number of piperazine rings is 1. The molecular formula is C25H27N3O2. The lowest BCUT2D eigenvalue weighted by atomic mass is 9.99. The third-order valence-electron chi connectivity index (χ3n) is 5.70. The Morgan fingerprint density at radius 2 is 1.37 bits per heavy atom. The van der Waals surface area contributed by atoms with Crippen molar-refractivity contribution in [2.45, 2.75) is 12.1 Å². The van der Waals surface area contributed by atoms with Gasteiger partial charge >= 0.3 is 5.97 Å². The van der Waals surface area contributed by atoms with Crippen LogP contribution >= 0.6 is 0 Å². The summed E-state index contributed by atoms with van der Waals surface area (Å²) in [5.41, 5.74) is 3.25. The Balaban J connectivity index is 1.55. The van der Waals surface area contributed by atoms with Crippen molar-refractivity contribution in [3.05, 3.63) is 102 Å². The van der Waals surface area contributed by atoms with Crippen molar-refractivity contribution in [1.29, 1.82) is 0 Å². The standard InChI is InChI=1S/C25H27N3O2/c1-30-25(29)24(21-12-6-3-7-13-21)28-18-16-27(17-19-28)23(20-10-4-2-5-11-20)22-14-8-9-15-26-22/h2-15,23-24H,16-19H2,1H3. The predicted molar refractivity (Wildman–Crippen MR) is 117 cm³/mol. The molecule has 3 aromatic rings. The van der Waals surface area contributed by atoms with Crippen LogP contribution in [0.5, 0.6) is 0 Å². The first-order valence-electron chi connectivity index (χ1n) is 10.3. The van der Waals surface area contributed by atoms with E-state index in [1.165, 1.54) is 12.7 Å². The molecule has 4 rings (SSSR count). The van der Waals surface area contributed by atoms with Gasteiger partial charge in [0.2, 0.25) is 0 Å². The molecule has 2 unspecified atom stereocenters. The Labute approximate surface area is 177 Å². The second-order valence-corrected chi connectivity index (χ2v) is 7.48. The van der Waals surface area contributed by atoms with E-state index >= 15 is 0 Å². The number of carbonyl (C=O) groups is 1. The van der Waals surface area contributed by atoms with Gasteiger partial charge in [-0.2, -0.15) is 0 Å². The van der Waals surface area contributed by atoms with Crippen molar-refractivity contribution in [2.24, 2.45) is 0 Å². The van der Waals surface area contributed by atoms with Gasteiger partial charge in [0.1, 0.15) is 6.04 Å². The number of pyridine rings is 1. The van der Waals surface area contributed by atoms with Crippen LogP contribution in [0.25, 0.3) is 0 Å². The van der Waals surface area contributed by atoms with E-state index < -0.39 is 0 Å². The number of ether oxygens (including phenoxy) is 1. The van der Waals surface area contributed by atoms with Gasteiger partial charge in [0.25, 0.3) is 0 Å². The number of hydrogen-bond donors (Lipinski definition) is 0. The first-order chi connectivity index (χ1) is 14.8. The molecule has 0 aliphatic carbocycles. The summed E-state index contributed by atoms with van der Waals surface area (Å²) in [5.74, 6) is -0.209. The van der Waals surface area contributed by atoms with E-state index in [1.807, 2.05) is 54.7 Å². The summed E-state index contributed by atoms with van der Waals surface area (Å²) in [4.78, 5) is 21.9. The predicted octanol–water partition coefficient (Wildman–Crippen LogP) is 3.70. The number of carbonyl (C=O) groups excluding carboxylic acids is 1. The lowest BCUT2D eigenvalue weighted by Crippen LogP contribution is -2.50. The molecule has 1 aliphatic rings. The molecule has 1 aromatic heterocycles. The summed E-state index contributed by atoms with van der Waals surface area (Å²) in [6.07, 6.45) is 1.85. The summed E-state index contributed by atoms with van der Waals surface area (Å²) in [6.45, 7) is 3.25. The zero-order valence-electron chi connectivity index (χ0n) is 17.2. The first kappa shape index (κ1) is 20.3. The molecule has 0 N–H and O–H groups in total. The number of rotatable bonds is 6. The van der Waals surface area contributed by atoms with Crippen LogP contribution in [0.1, 0.15) is 28.9 Å². The Morgan fingerprint density at radius 3 is 1.93 bits per heavy atom. The fraction of sp³-hybridized carbons (Fsp3) is 0.280. The van der Waals surface area contributed by atoms with Crippen molar-refractivity contribution < 1.29 is 9.53 Å². The Morgan fingerprint density at radius 1 is 0.800 bits per heavy atom. The molecule has 5 nitrogen and oxygen atoms in total. The van der Waals surface area contributed by atoms with Crippen LogP contribution in [-0.2, 0) is 9.53 Å². The maximum absolute atomic E-state index is 12.6. The molecule has 1 aliphatic heterocycles. The van der Waals surface area contributed by atoms with Gasteiger partial charge in [-0.15, -0.1) is 0 Å². The minimum Gasteiger partial charge on any atom is -0.468 e. The second-order valence-electron chi connectivity index (χ2n) is 7.48. The number of esters is 1. The summed E-state index contributed by atoms with van der Waals surface area (Å²) < 4.78 is 5.13. The van der Waals surface area contributed by atoms with Crippen LogP contribution in [0.2, 0.25) is 0 Å². The third kappa shape index (κ3) is 4.42. The van der Waals surface area contributed by atoms with Crippen LogP contribution in [-0.4, -0.2) is 54.0 Å². The van der Waals surface area contributed by atoms with E-state index in [2.05, 4.69) is 45.1 Å². The van der Waals surface area contributed by atoms with Crippen molar-refractivity contribution in [3.63, 3.8) is 0 Å². The molecule has 0 saturated carbocycles. The third-order valence-corrected chi connectivity index (χ3v) is 5.70. The van der Waals surface area contributed by atoms with Crippen molar-refractivity contribution in [2.75, 3.05) is 33.3 Å². The average Bonchev–Trinajstić information content (AvgIpc) is 2.82. The molecule has 5 heteroatoms. The normalized spacial score (nSPS) is 17.2. The molecule has 154 valence electrons. The molecule has 1 saturated heterocycles. The second kappa shape index (κ2) is 9.65. The van der Waals surface area contributed by atoms with E-state index in [4.69, 9.17) is 4.74 Å². The lowest BCUT2D eigenvalue weighted by Gasteiger charge is -2.41. The van der Waals surface area contributed by atoms with Crippen LogP contribution in [0.4, 0.5) is 0 Å². The number of benzene rings is 2. The van der Waals surface area contributed by atoms with Gasteiger partial charge in [-0.05, 0) is 23.3 Å². The highest BCUT2D eigenvalue weighted by Crippen LogP contribution is 2.30. The van der Waals surface area contributed by atoms with E-state index in [0.717, 1.165) is 37.4 Å². The van der Waals surface area contributed by atoms with Crippen LogP contribution in [0.15, 0.2) is 85.1 Å². The first-order valence-corrected chi connectivity index (χ1v) is 10.3. The molecule has 0 radical (unpaired) electrons. The maximum Gasteiger partial charge on any atom is 0.327 e. The maximum atomic E-state index is 12.6. The molecule has 0 spiro atoms. The number of nitrogens with zero attached hydrogens (tertiary/aromatic N) is 3. The monoisotopic (exact) mass is 401 g/mol. The van der Waals surface area contributed by atoms with Gasteiger partial charge < -0.3 is 4.74 Å². The number of hydrogen-bond acceptors (Lipinski definition) is 5. The highest BCUT2D eigenvalue weighted by atomic mass is 16.5. The lowest BCUT2D eigenvalue weighted by molar-refractivity contribution is -0.148. The van der Waals surface area contributed by atoms with Crippen molar-refractivity contribution in [1.82, 2.24) is 14.8 Å². The molecule has 2 aromatic carbocycles. The summed E-state index contributed by atoms with van der Waals surface area (Å²) in [7, 11) is 1.46. The van der Waals surface area contributed by atoms with Gasteiger partial charge in [-0.3, -0.25) is 14.8 Å². The van der Waals surface area contributed by atoms with Gasteiger partial charge in [0.05, 0.1) is 18.8 Å². The molecule has 0 amide bonds. The zero-order chi connectivity index (χ0) is 20.8. The smallest absolute Gasteiger partial charge is 0.327 e. The molecule has 30 heavy (non-hydrogen) atoms. The zero-order valence-corrected chi connectivity index (χ0v) is 17.2. The van der Waals surface area contributed by atoms with E-state index in [0.29, 0.717) is 0 Å². The highest BCUT2D eigenvalue weighted by Gasteiger charge is 2.34. The van der Waals surface area contributed by atoms with Gasteiger partial charge in [-0.25, -0.2) is 4.79 Å². The Bertz CT molecular complexity index is 887. The molecule has 2 atom stereocenters. The van der Waals surface area contributed by atoms with Crippen LogP contribution in [0, 0.1) is 0 Å². The van der Waals surface area contributed by atoms with Crippen molar-refractivity contribution >= 4 is 5.97 Å². The molecular weight excluding hydrogens is 374 g/mol.